The van der Waals surface area contributed by atoms with Gasteiger partial charge in [-0.1, -0.05) is 0 Å². The average Bonchev–Trinajstić information content (AvgIpc) is 2.72. The molecule has 1 fully saturated rings. The first-order valence-corrected chi connectivity index (χ1v) is 6.53. The van der Waals surface area contributed by atoms with Crippen molar-refractivity contribution in [3.05, 3.63) is 21.9 Å². The number of hydrogen-bond donors (Lipinski definition) is 0. The van der Waals surface area contributed by atoms with Crippen molar-refractivity contribution in [1.29, 1.82) is 0 Å². The van der Waals surface area contributed by atoms with E-state index in [1.807, 2.05) is 24.1 Å². The van der Waals surface area contributed by atoms with Crippen LogP contribution in [0.3, 0.4) is 0 Å². The van der Waals surface area contributed by atoms with Crippen LogP contribution in [0, 0.1) is 12.8 Å². The van der Waals surface area contributed by atoms with Crippen LogP contribution in [0.25, 0.3) is 0 Å². The van der Waals surface area contributed by atoms with E-state index in [4.69, 9.17) is 0 Å². The summed E-state index contributed by atoms with van der Waals surface area (Å²) in [6.45, 7) is 2.02. The van der Waals surface area contributed by atoms with Gasteiger partial charge in [0.25, 0.3) is 0 Å². The van der Waals surface area contributed by atoms with E-state index in [1.54, 1.807) is 11.3 Å². The first-order chi connectivity index (χ1) is 6.29. The quantitative estimate of drug-likeness (QED) is 0.701. The molecule has 2 heterocycles. The summed E-state index contributed by atoms with van der Waals surface area (Å²) in [5, 5.41) is 4.04. The van der Waals surface area contributed by atoms with E-state index in [2.05, 4.69) is 5.38 Å². The van der Waals surface area contributed by atoms with Crippen molar-refractivity contribution in [3.63, 3.8) is 0 Å². The summed E-state index contributed by atoms with van der Waals surface area (Å²) < 4.78 is 0. The van der Waals surface area contributed by atoms with Gasteiger partial charge in [-0.2, -0.15) is 23.1 Å². The number of carbonyl (C=O) groups excluding carboxylic acids is 1. The number of rotatable bonds is 2. The van der Waals surface area contributed by atoms with Gasteiger partial charge >= 0.3 is 0 Å². The fraction of sp³-hybridized carbons (Fsp3) is 0.500. The third-order valence-corrected chi connectivity index (χ3v) is 4.45. The van der Waals surface area contributed by atoms with E-state index in [0.717, 1.165) is 29.1 Å². The Morgan fingerprint density at radius 3 is 2.92 bits per heavy atom. The van der Waals surface area contributed by atoms with Gasteiger partial charge in [-0.05, 0) is 30.0 Å². The van der Waals surface area contributed by atoms with Crippen molar-refractivity contribution in [1.82, 2.24) is 0 Å². The average molecular weight is 212 g/mol. The molecular weight excluding hydrogens is 200 g/mol. The fourth-order valence-corrected chi connectivity index (χ4v) is 3.63. The fourth-order valence-electron chi connectivity index (χ4n) is 1.57. The van der Waals surface area contributed by atoms with Crippen molar-refractivity contribution in [2.24, 2.45) is 5.92 Å². The van der Waals surface area contributed by atoms with Crippen molar-refractivity contribution >= 4 is 28.9 Å². The van der Waals surface area contributed by atoms with Gasteiger partial charge in [0.05, 0.1) is 0 Å². The summed E-state index contributed by atoms with van der Waals surface area (Å²) in [5.74, 6) is 2.83. The number of thiophene rings is 1. The van der Waals surface area contributed by atoms with Crippen LogP contribution in [-0.2, 0) is 0 Å². The Kier molecular flexibility index (Phi) is 2.74. The van der Waals surface area contributed by atoms with Gasteiger partial charge in [-0.15, -0.1) is 0 Å². The van der Waals surface area contributed by atoms with Crippen molar-refractivity contribution in [2.45, 2.75) is 13.3 Å². The van der Waals surface area contributed by atoms with Gasteiger partial charge in [0.1, 0.15) is 0 Å². The Labute approximate surface area is 86.5 Å². The molecule has 13 heavy (non-hydrogen) atoms. The van der Waals surface area contributed by atoms with Gasteiger partial charge in [0, 0.05) is 22.6 Å². The van der Waals surface area contributed by atoms with E-state index in [1.165, 1.54) is 0 Å². The lowest BCUT2D eigenvalue weighted by molar-refractivity contribution is 0.0933. The molecule has 1 aromatic rings. The first kappa shape index (κ1) is 9.28. The van der Waals surface area contributed by atoms with Gasteiger partial charge in [-0.25, -0.2) is 0 Å². The van der Waals surface area contributed by atoms with Crippen molar-refractivity contribution in [3.8, 4) is 0 Å². The summed E-state index contributed by atoms with van der Waals surface area (Å²) in [6.07, 6.45) is 1.07. The molecule has 0 aliphatic carbocycles. The maximum atomic E-state index is 11.9. The third-order valence-electron chi connectivity index (χ3n) is 2.42. The zero-order chi connectivity index (χ0) is 9.26. The second kappa shape index (κ2) is 3.84. The van der Waals surface area contributed by atoms with Crippen LogP contribution in [0.1, 0.15) is 22.3 Å². The van der Waals surface area contributed by atoms with Crippen LogP contribution in [0.4, 0.5) is 0 Å². The smallest absolute Gasteiger partial charge is 0.167 e. The summed E-state index contributed by atoms with van der Waals surface area (Å²) in [6, 6.07) is 0. The minimum absolute atomic E-state index is 0.290. The second-order valence-corrected chi connectivity index (χ2v) is 5.29. The second-order valence-electron chi connectivity index (χ2n) is 3.39. The minimum Gasteiger partial charge on any atom is -0.294 e. The highest BCUT2D eigenvalue weighted by atomic mass is 32.2. The summed E-state index contributed by atoms with van der Waals surface area (Å²) in [5.41, 5.74) is 2.10. The van der Waals surface area contributed by atoms with Gasteiger partial charge in [-0.3, -0.25) is 4.79 Å². The molecule has 0 aromatic carbocycles. The largest absolute Gasteiger partial charge is 0.294 e. The molecule has 1 aliphatic rings. The number of carbonyl (C=O) groups is 1. The molecule has 0 radical (unpaired) electrons. The highest BCUT2D eigenvalue weighted by molar-refractivity contribution is 7.99. The monoisotopic (exact) mass is 212 g/mol. The molecule has 1 atom stereocenters. The topological polar surface area (TPSA) is 17.1 Å². The standard InChI is InChI=1S/C10H12OS2/c1-7-4-13-6-9(7)10(11)8-2-3-12-5-8/h4,6,8H,2-3,5H2,1H3. The van der Waals surface area contributed by atoms with Crippen molar-refractivity contribution in [2.75, 3.05) is 11.5 Å². The molecule has 0 bridgehead atoms. The predicted octanol–water partition coefficient (Wildman–Crippen LogP) is 2.99. The molecule has 70 valence electrons. The molecule has 2 rings (SSSR count). The Hall–Kier alpha value is -0.280. The van der Waals surface area contributed by atoms with E-state index >= 15 is 0 Å². The number of ketones is 1. The van der Waals surface area contributed by atoms with E-state index in [0.29, 0.717) is 11.7 Å². The molecule has 0 saturated carbocycles. The normalized spacial score (nSPS) is 22.1. The number of thioether (sulfide) groups is 1. The van der Waals surface area contributed by atoms with E-state index in [-0.39, 0.29) is 0 Å². The molecule has 0 spiro atoms. The Bertz CT molecular complexity index is 310. The molecule has 1 saturated heterocycles. The van der Waals surface area contributed by atoms with Crippen LogP contribution in [0.15, 0.2) is 10.8 Å². The molecule has 0 N–H and O–H groups in total. The van der Waals surface area contributed by atoms with E-state index < -0.39 is 0 Å². The van der Waals surface area contributed by atoms with Gasteiger partial charge in [0.15, 0.2) is 5.78 Å². The van der Waals surface area contributed by atoms with Gasteiger partial charge in [0.2, 0.25) is 0 Å². The number of Topliss-reactive ketones (excluding diaryl/α,β-unsaturated/α-hetero) is 1. The molecule has 1 nitrogen and oxygen atoms in total. The lowest BCUT2D eigenvalue weighted by Crippen LogP contribution is -2.13. The Morgan fingerprint density at radius 1 is 1.54 bits per heavy atom. The van der Waals surface area contributed by atoms with Crippen molar-refractivity contribution < 1.29 is 4.79 Å². The maximum absolute atomic E-state index is 11.9. The minimum atomic E-state index is 0.290. The number of hydrogen-bond acceptors (Lipinski definition) is 3. The summed E-state index contributed by atoms with van der Waals surface area (Å²) >= 11 is 3.52. The van der Waals surface area contributed by atoms with Crippen LogP contribution < -0.4 is 0 Å². The predicted molar refractivity (Wildman–Crippen MR) is 58.8 cm³/mol. The summed E-state index contributed by atoms with van der Waals surface area (Å²) in [4.78, 5) is 11.9. The summed E-state index contributed by atoms with van der Waals surface area (Å²) in [7, 11) is 0. The molecule has 1 aliphatic heterocycles. The Morgan fingerprint density at radius 2 is 2.38 bits per heavy atom. The highest BCUT2D eigenvalue weighted by Gasteiger charge is 2.25. The molecule has 3 heteroatoms. The van der Waals surface area contributed by atoms with Crippen LogP contribution in [0.2, 0.25) is 0 Å². The lowest BCUT2D eigenvalue weighted by atomic mass is 9.97. The number of aryl methyl sites for hydroxylation is 1. The molecule has 1 aromatic heterocycles. The van der Waals surface area contributed by atoms with E-state index in [9.17, 15) is 4.79 Å². The highest BCUT2D eigenvalue weighted by Crippen LogP contribution is 2.28. The maximum Gasteiger partial charge on any atom is 0.167 e. The lowest BCUT2D eigenvalue weighted by Gasteiger charge is -2.05. The van der Waals surface area contributed by atoms with Crippen LogP contribution in [-0.4, -0.2) is 17.3 Å². The Balaban J connectivity index is 2.17. The first-order valence-electron chi connectivity index (χ1n) is 4.44. The molecule has 1 unspecified atom stereocenters. The van der Waals surface area contributed by atoms with Crippen LogP contribution >= 0.6 is 23.1 Å². The van der Waals surface area contributed by atoms with Gasteiger partial charge < -0.3 is 0 Å². The zero-order valence-corrected chi connectivity index (χ0v) is 9.21. The third kappa shape index (κ3) is 1.81. The van der Waals surface area contributed by atoms with Crippen LogP contribution in [0.5, 0.6) is 0 Å². The zero-order valence-electron chi connectivity index (χ0n) is 7.58. The molecule has 0 amide bonds. The molecular formula is C10H12OS2. The SMILES string of the molecule is Cc1cscc1C(=O)C1CCSC1.